The zero-order valence-electron chi connectivity index (χ0n) is 11.3. The molecule has 0 aromatic carbocycles. The highest BCUT2D eigenvalue weighted by Crippen LogP contribution is 2.32. The van der Waals surface area contributed by atoms with Crippen molar-refractivity contribution in [3.05, 3.63) is 24.2 Å². The molecule has 2 bridgehead atoms. The van der Waals surface area contributed by atoms with Gasteiger partial charge in [-0.3, -0.25) is 4.90 Å². The number of hydrogen-bond acceptors (Lipinski definition) is 3. The summed E-state index contributed by atoms with van der Waals surface area (Å²) >= 11 is 0. The van der Waals surface area contributed by atoms with Gasteiger partial charge in [-0.2, -0.15) is 0 Å². The van der Waals surface area contributed by atoms with Gasteiger partial charge in [0.1, 0.15) is 5.76 Å². The summed E-state index contributed by atoms with van der Waals surface area (Å²) in [5.41, 5.74) is 0. The van der Waals surface area contributed by atoms with E-state index >= 15 is 0 Å². The molecule has 18 heavy (non-hydrogen) atoms. The second-order valence-electron chi connectivity index (χ2n) is 6.08. The average Bonchev–Trinajstić information content (AvgIpc) is 2.97. The molecular formula is C15H24N2O. The van der Waals surface area contributed by atoms with Crippen LogP contribution in [-0.4, -0.2) is 30.6 Å². The molecule has 2 fully saturated rings. The lowest BCUT2D eigenvalue weighted by Crippen LogP contribution is -2.38. The number of nitrogens with zero attached hydrogens (tertiary/aromatic N) is 1. The predicted molar refractivity (Wildman–Crippen MR) is 72.3 cm³/mol. The Morgan fingerprint density at radius 3 is 2.78 bits per heavy atom. The maximum atomic E-state index is 5.39. The standard InChI is InChI=1S/C15H24N2O/c1-17(11-15-3-2-8-18-15)7-6-12-9-13-4-5-14(10-12)16-13/h2-3,8,12-14,16H,4-7,9-11H2,1H3. The molecule has 0 radical (unpaired) electrons. The molecule has 0 spiro atoms. The largest absolute Gasteiger partial charge is 0.468 e. The molecule has 2 unspecified atom stereocenters. The molecule has 100 valence electrons. The summed E-state index contributed by atoms with van der Waals surface area (Å²) in [5, 5.41) is 3.72. The van der Waals surface area contributed by atoms with E-state index in [0.717, 1.165) is 30.3 Å². The SMILES string of the molecule is CN(CCC1CC2CCC(C1)N2)Cc1ccco1. The third-order valence-electron chi connectivity index (χ3n) is 4.50. The van der Waals surface area contributed by atoms with Gasteiger partial charge in [0.15, 0.2) is 0 Å². The lowest BCUT2D eigenvalue weighted by atomic mass is 9.89. The second kappa shape index (κ2) is 5.45. The van der Waals surface area contributed by atoms with Gasteiger partial charge >= 0.3 is 0 Å². The van der Waals surface area contributed by atoms with Crippen LogP contribution in [0, 0.1) is 5.92 Å². The predicted octanol–water partition coefficient (Wildman–Crippen LogP) is 2.63. The van der Waals surface area contributed by atoms with Crippen molar-refractivity contribution in [2.24, 2.45) is 5.92 Å². The van der Waals surface area contributed by atoms with Crippen molar-refractivity contribution in [3.8, 4) is 0 Å². The Morgan fingerprint density at radius 1 is 1.33 bits per heavy atom. The Morgan fingerprint density at radius 2 is 2.11 bits per heavy atom. The number of rotatable bonds is 5. The smallest absolute Gasteiger partial charge is 0.117 e. The van der Waals surface area contributed by atoms with Crippen LogP contribution in [0.15, 0.2) is 22.8 Å². The van der Waals surface area contributed by atoms with Gasteiger partial charge < -0.3 is 9.73 Å². The molecule has 3 nitrogen and oxygen atoms in total. The summed E-state index contributed by atoms with van der Waals surface area (Å²) in [6, 6.07) is 5.67. The third kappa shape index (κ3) is 2.96. The fraction of sp³-hybridized carbons (Fsp3) is 0.733. The van der Waals surface area contributed by atoms with Gasteiger partial charge in [0.2, 0.25) is 0 Å². The number of hydrogen-bond donors (Lipinski definition) is 1. The minimum absolute atomic E-state index is 0.823. The van der Waals surface area contributed by atoms with Crippen LogP contribution in [0.4, 0.5) is 0 Å². The lowest BCUT2D eigenvalue weighted by molar-refractivity contribution is 0.229. The molecule has 0 amide bonds. The van der Waals surface area contributed by atoms with Crippen LogP contribution in [0.1, 0.15) is 37.9 Å². The van der Waals surface area contributed by atoms with Crippen molar-refractivity contribution >= 4 is 0 Å². The summed E-state index contributed by atoms with van der Waals surface area (Å²) in [6.45, 7) is 2.12. The molecule has 3 heteroatoms. The minimum atomic E-state index is 0.823. The van der Waals surface area contributed by atoms with E-state index in [4.69, 9.17) is 4.42 Å². The Bertz CT molecular complexity index is 351. The number of fused-ring (bicyclic) bond motifs is 2. The van der Waals surface area contributed by atoms with Gasteiger partial charge in [-0.05, 0) is 63.7 Å². The van der Waals surface area contributed by atoms with Crippen LogP contribution in [0.2, 0.25) is 0 Å². The summed E-state index contributed by atoms with van der Waals surface area (Å²) in [6.07, 6.45) is 8.70. The highest BCUT2D eigenvalue weighted by atomic mass is 16.3. The van der Waals surface area contributed by atoms with Crippen molar-refractivity contribution in [2.75, 3.05) is 13.6 Å². The maximum absolute atomic E-state index is 5.39. The summed E-state index contributed by atoms with van der Waals surface area (Å²) in [4.78, 5) is 2.38. The quantitative estimate of drug-likeness (QED) is 0.868. The molecule has 2 saturated heterocycles. The van der Waals surface area contributed by atoms with Crippen molar-refractivity contribution in [1.29, 1.82) is 0 Å². The third-order valence-corrected chi connectivity index (χ3v) is 4.50. The molecule has 1 aromatic rings. The first-order valence-electron chi connectivity index (χ1n) is 7.26. The summed E-state index contributed by atoms with van der Waals surface area (Å²) < 4.78 is 5.39. The van der Waals surface area contributed by atoms with Gasteiger partial charge in [-0.1, -0.05) is 0 Å². The number of piperidine rings is 1. The first-order valence-corrected chi connectivity index (χ1v) is 7.26. The van der Waals surface area contributed by atoms with Crippen LogP contribution >= 0.6 is 0 Å². The molecule has 2 atom stereocenters. The molecule has 2 aliphatic heterocycles. The van der Waals surface area contributed by atoms with Gasteiger partial charge in [0.25, 0.3) is 0 Å². The van der Waals surface area contributed by atoms with E-state index in [1.807, 2.05) is 6.07 Å². The summed E-state index contributed by atoms with van der Waals surface area (Å²) in [7, 11) is 2.19. The Hall–Kier alpha value is -0.800. The fourth-order valence-electron chi connectivity index (χ4n) is 3.56. The Kier molecular flexibility index (Phi) is 3.71. The molecule has 2 aliphatic rings. The fourth-order valence-corrected chi connectivity index (χ4v) is 3.56. The average molecular weight is 248 g/mol. The first kappa shape index (κ1) is 12.2. The second-order valence-corrected chi connectivity index (χ2v) is 6.08. The Labute approximate surface area is 110 Å². The van der Waals surface area contributed by atoms with E-state index in [1.165, 1.54) is 38.6 Å². The molecule has 0 aliphatic carbocycles. The molecule has 3 heterocycles. The van der Waals surface area contributed by atoms with Crippen LogP contribution in [0.3, 0.4) is 0 Å². The van der Waals surface area contributed by atoms with E-state index in [-0.39, 0.29) is 0 Å². The van der Waals surface area contributed by atoms with E-state index < -0.39 is 0 Å². The molecule has 0 saturated carbocycles. The molecular weight excluding hydrogens is 224 g/mol. The normalized spacial score (nSPS) is 31.1. The summed E-state index contributed by atoms with van der Waals surface area (Å²) in [5.74, 6) is 2.01. The minimum Gasteiger partial charge on any atom is -0.468 e. The zero-order chi connectivity index (χ0) is 12.4. The molecule has 1 aromatic heterocycles. The molecule has 1 N–H and O–H groups in total. The monoisotopic (exact) mass is 248 g/mol. The highest BCUT2D eigenvalue weighted by Gasteiger charge is 2.33. The molecule has 3 rings (SSSR count). The van der Waals surface area contributed by atoms with Gasteiger partial charge in [0, 0.05) is 12.1 Å². The van der Waals surface area contributed by atoms with E-state index in [0.29, 0.717) is 0 Å². The van der Waals surface area contributed by atoms with Crippen molar-refractivity contribution < 1.29 is 4.42 Å². The van der Waals surface area contributed by atoms with Gasteiger partial charge in [-0.25, -0.2) is 0 Å². The Balaban J connectivity index is 1.41. The zero-order valence-corrected chi connectivity index (χ0v) is 11.3. The van der Waals surface area contributed by atoms with E-state index in [9.17, 15) is 0 Å². The van der Waals surface area contributed by atoms with Crippen LogP contribution in [0.5, 0.6) is 0 Å². The van der Waals surface area contributed by atoms with Gasteiger partial charge in [-0.15, -0.1) is 0 Å². The first-order chi connectivity index (χ1) is 8.79. The van der Waals surface area contributed by atoms with Crippen LogP contribution < -0.4 is 5.32 Å². The van der Waals surface area contributed by atoms with Crippen LogP contribution in [0.25, 0.3) is 0 Å². The lowest BCUT2D eigenvalue weighted by Gasteiger charge is -2.30. The van der Waals surface area contributed by atoms with E-state index in [2.05, 4.69) is 23.3 Å². The topological polar surface area (TPSA) is 28.4 Å². The number of furan rings is 1. The number of nitrogens with one attached hydrogen (secondary N) is 1. The highest BCUT2D eigenvalue weighted by molar-refractivity contribution is 4.97. The van der Waals surface area contributed by atoms with Crippen LogP contribution in [-0.2, 0) is 6.54 Å². The van der Waals surface area contributed by atoms with E-state index in [1.54, 1.807) is 6.26 Å². The van der Waals surface area contributed by atoms with Crippen molar-refractivity contribution in [3.63, 3.8) is 0 Å². The van der Waals surface area contributed by atoms with Crippen molar-refractivity contribution in [2.45, 2.75) is 50.7 Å². The van der Waals surface area contributed by atoms with Crippen molar-refractivity contribution in [1.82, 2.24) is 10.2 Å². The maximum Gasteiger partial charge on any atom is 0.117 e. The van der Waals surface area contributed by atoms with Gasteiger partial charge in [0.05, 0.1) is 12.8 Å².